The number of hydrogen-bond donors (Lipinski definition) is 0. The van der Waals surface area contributed by atoms with Crippen molar-refractivity contribution in [2.24, 2.45) is 5.10 Å². The average Bonchev–Trinajstić information content (AvgIpc) is 3.43. The third-order valence-corrected chi connectivity index (χ3v) is 5.79. The SMILES string of the molecule is c1ccc(C2=NN(c3nc(-c4ccccc4)cs3)C(c3ccccc3)C2)cc1. The summed E-state index contributed by atoms with van der Waals surface area (Å²) in [5.41, 5.74) is 5.66. The van der Waals surface area contributed by atoms with Gasteiger partial charge in [-0.3, -0.25) is 0 Å². The van der Waals surface area contributed by atoms with Gasteiger partial charge in [-0.2, -0.15) is 5.10 Å². The van der Waals surface area contributed by atoms with Crippen molar-refractivity contribution in [1.82, 2.24) is 4.98 Å². The standard InChI is InChI=1S/C24H19N3S/c1-4-10-18(11-5-1)21-16-23(20-14-8-3-9-15-20)27(26-21)24-25-22(17-28-24)19-12-6-2-7-13-19/h1-15,17,23H,16H2. The van der Waals surface area contributed by atoms with Gasteiger partial charge >= 0.3 is 0 Å². The normalized spacial score (nSPS) is 16.2. The molecule has 1 atom stereocenters. The van der Waals surface area contributed by atoms with Crippen molar-refractivity contribution >= 4 is 22.2 Å². The van der Waals surface area contributed by atoms with Crippen LogP contribution in [0.1, 0.15) is 23.6 Å². The number of nitrogens with zero attached hydrogens (tertiary/aromatic N) is 3. The van der Waals surface area contributed by atoms with E-state index in [1.807, 2.05) is 24.3 Å². The molecule has 3 nitrogen and oxygen atoms in total. The van der Waals surface area contributed by atoms with Crippen LogP contribution >= 0.6 is 11.3 Å². The Labute approximate surface area is 168 Å². The fraction of sp³-hybridized carbons (Fsp3) is 0.0833. The van der Waals surface area contributed by atoms with Crippen molar-refractivity contribution in [3.8, 4) is 11.3 Å². The van der Waals surface area contributed by atoms with Gasteiger partial charge in [0.05, 0.1) is 17.4 Å². The molecule has 0 fully saturated rings. The lowest BCUT2D eigenvalue weighted by Gasteiger charge is -2.21. The second-order valence-corrected chi connectivity index (χ2v) is 7.61. The lowest BCUT2D eigenvalue weighted by Crippen LogP contribution is -2.18. The zero-order valence-electron chi connectivity index (χ0n) is 15.3. The van der Waals surface area contributed by atoms with Crippen LogP contribution in [-0.4, -0.2) is 10.7 Å². The van der Waals surface area contributed by atoms with Crippen molar-refractivity contribution in [3.05, 3.63) is 108 Å². The van der Waals surface area contributed by atoms with E-state index in [2.05, 4.69) is 77.1 Å². The Morgan fingerprint density at radius 1 is 0.750 bits per heavy atom. The molecule has 0 N–H and O–H groups in total. The highest BCUT2D eigenvalue weighted by atomic mass is 32.1. The van der Waals surface area contributed by atoms with Crippen LogP contribution in [0.5, 0.6) is 0 Å². The smallest absolute Gasteiger partial charge is 0.207 e. The van der Waals surface area contributed by atoms with Gasteiger partial charge in [0.2, 0.25) is 5.13 Å². The molecule has 4 aromatic rings. The van der Waals surface area contributed by atoms with Crippen LogP contribution in [0.3, 0.4) is 0 Å². The van der Waals surface area contributed by atoms with Crippen LogP contribution in [-0.2, 0) is 0 Å². The number of thiazole rings is 1. The lowest BCUT2D eigenvalue weighted by molar-refractivity contribution is 0.706. The van der Waals surface area contributed by atoms with Gasteiger partial charge in [-0.25, -0.2) is 9.99 Å². The molecule has 1 aromatic heterocycles. The first kappa shape index (κ1) is 16.9. The Bertz CT molecular complexity index is 1090. The maximum absolute atomic E-state index is 4.99. The summed E-state index contributed by atoms with van der Waals surface area (Å²) in [6.45, 7) is 0. The molecule has 2 heterocycles. The van der Waals surface area contributed by atoms with E-state index in [0.29, 0.717) is 0 Å². The van der Waals surface area contributed by atoms with Gasteiger partial charge in [0.1, 0.15) is 0 Å². The molecule has 5 rings (SSSR count). The number of hydrogen-bond acceptors (Lipinski definition) is 4. The molecule has 0 aliphatic carbocycles. The van der Waals surface area contributed by atoms with E-state index in [4.69, 9.17) is 10.1 Å². The molecule has 0 saturated heterocycles. The molecule has 3 aromatic carbocycles. The highest BCUT2D eigenvalue weighted by Gasteiger charge is 2.31. The van der Waals surface area contributed by atoms with Gasteiger partial charge in [0.15, 0.2) is 0 Å². The number of rotatable bonds is 4. The topological polar surface area (TPSA) is 28.5 Å². The van der Waals surface area contributed by atoms with Gasteiger partial charge in [0, 0.05) is 17.4 Å². The minimum atomic E-state index is 0.158. The Kier molecular flexibility index (Phi) is 4.47. The van der Waals surface area contributed by atoms with E-state index in [0.717, 1.165) is 28.5 Å². The molecular weight excluding hydrogens is 362 g/mol. The summed E-state index contributed by atoms with van der Waals surface area (Å²) in [7, 11) is 0. The maximum atomic E-state index is 4.99. The molecule has 1 aliphatic heterocycles. The minimum absolute atomic E-state index is 0.158. The van der Waals surface area contributed by atoms with Crippen LogP contribution < -0.4 is 5.01 Å². The largest absolute Gasteiger partial charge is 0.231 e. The van der Waals surface area contributed by atoms with E-state index in [9.17, 15) is 0 Å². The molecule has 4 heteroatoms. The predicted molar refractivity (Wildman–Crippen MR) is 117 cm³/mol. The number of anilines is 1. The summed E-state index contributed by atoms with van der Waals surface area (Å²) in [5, 5.41) is 10.1. The van der Waals surface area contributed by atoms with Crippen LogP contribution in [0, 0.1) is 0 Å². The van der Waals surface area contributed by atoms with Gasteiger partial charge in [-0.05, 0) is 11.1 Å². The van der Waals surface area contributed by atoms with Gasteiger partial charge in [0.25, 0.3) is 0 Å². The van der Waals surface area contributed by atoms with Crippen LogP contribution in [0.15, 0.2) is 101 Å². The Morgan fingerprint density at radius 3 is 2.04 bits per heavy atom. The van der Waals surface area contributed by atoms with E-state index in [-0.39, 0.29) is 6.04 Å². The van der Waals surface area contributed by atoms with Gasteiger partial charge < -0.3 is 0 Å². The highest BCUT2D eigenvalue weighted by Crippen LogP contribution is 2.39. The quantitative estimate of drug-likeness (QED) is 0.423. The molecule has 1 aliphatic rings. The number of benzene rings is 3. The van der Waals surface area contributed by atoms with Gasteiger partial charge in [-0.1, -0.05) is 91.0 Å². The van der Waals surface area contributed by atoms with Crippen molar-refractivity contribution in [2.45, 2.75) is 12.5 Å². The molecule has 136 valence electrons. The monoisotopic (exact) mass is 381 g/mol. The Morgan fingerprint density at radius 2 is 1.36 bits per heavy atom. The second kappa shape index (κ2) is 7.41. The third-order valence-electron chi connectivity index (χ3n) is 4.96. The summed E-state index contributed by atoms with van der Waals surface area (Å²) in [4.78, 5) is 4.90. The van der Waals surface area contributed by atoms with E-state index < -0.39 is 0 Å². The molecule has 0 saturated carbocycles. The first-order valence-electron chi connectivity index (χ1n) is 9.36. The molecule has 0 radical (unpaired) electrons. The molecule has 0 amide bonds. The molecule has 28 heavy (non-hydrogen) atoms. The predicted octanol–water partition coefficient (Wildman–Crippen LogP) is 6.17. The van der Waals surface area contributed by atoms with Crippen molar-refractivity contribution < 1.29 is 0 Å². The Hall–Kier alpha value is -3.24. The summed E-state index contributed by atoms with van der Waals surface area (Å²) >= 11 is 1.65. The van der Waals surface area contributed by atoms with E-state index >= 15 is 0 Å². The zero-order chi connectivity index (χ0) is 18.8. The first-order chi connectivity index (χ1) is 13.9. The Balaban J connectivity index is 1.54. The van der Waals surface area contributed by atoms with E-state index in [1.54, 1.807) is 11.3 Å². The average molecular weight is 382 g/mol. The minimum Gasteiger partial charge on any atom is -0.231 e. The van der Waals surface area contributed by atoms with Crippen LogP contribution in [0.4, 0.5) is 5.13 Å². The second-order valence-electron chi connectivity index (χ2n) is 6.77. The van der Waals surface area contributed by atoms with E-state index in [1.165, 1.54) is 11.1 Å². The van der Waals surface area contributed by atoms with Gasteiger partial charge in [-0.15, -0.1) is 11.3 Å². The summed E-state index contributed by atoms with van der Waals surface area (Å²) in [6.07, 6.45) is 0.869. The van der Waals surface area contributed by atoms with Crippen molar-refractivity contribution in [1.29, 1.82) is 0 Å². The van der Waals surface area contributed by atoms with Crippen LogP contribution in [0.2, 0.25) is 0 Å². The highest BCUT2D eigenvalue weighted by molar-refractivity contribution is 7.14. The molecular formula is C24H19N3S. The molecule has 0 spiro atoms. The first-order valence-corrected chi connectivity index (χ1v) is 10.2. The van der Waals surface area contributed by atoms with Crippen molar-refractivity contribution in [3.63, 3.8) is 0 Å². The number of hydrazone groups is 1. The third kappa shape index (κ3) is 3.23. The summed E-state index contributed by atoms with van der Waals surface area (Å²) < 4.78 is 0. The fourth-order valence-electron chi connectivity index (χ4n) is 3.54. The summed E-state index contributed by atoms with van der Waals surface area (Å²) in [6, 6.07) is 31.5. The maximum Gasteiger partial charge on any atom is 0.207 e. The molecule has 0 bridgehead atoms. The van der Waals surface area contributed by atoms with Crippen molar-refractivity contribution in [2.75, 3.05) is 5.01 Å². The zero-order valence-corrected chi connectivity index (χ0v) is 16.1. The van der Waals surface area contributed by atoms with Crippen LogP contribution in [0.25, 0.3) is 11.3 Å². The fourth-order valence-corrected chi connectivity index (χ4v) is 4.37. The molecule has 1 unspecified atom stereocenters. The number of aromatic nitrogens is 1. The summed E-state index contributed by atoms with van der Waals surface area (Å²) in [5.74, 6) is 0. The lowest BCUT2D eigenvalue weighted by atomic mass is 9.99.